The van der Waals surface area contributed by atoms with Gasteiger partial charge in [0.25, 0.3) is 5.91 Å². The summed E-state index contributed by atoms with van der Waals surface area (Å²) < 4.78 is 0. The fourth-order valence-corrected chi connectivity index (χ4v) is 4.42. The van der Waals surface area contributed by atoms with Crippen LogP contribution in [0.1, 0.15) is 35.8 Å². The van der Waals surface area contributed by atoms with E-state index in [9.17, 15) is 9.59 Å². The minimum absolute atomic E-state index is 0.0323. The number of aryl methyl sites for hydroxylation is 1. The molecule has 3 aliphatic heterocycles. The second kappa shape index (κ2) is 6.06. The fourth-order valence-electron chi connectivity index (χ4n) is 4.24. The first kappa shape index (κ1) is 16.5. The minimum atomic E-state index is 0.0323. The highest BCUT2D eigenvalue weighted by Gasteiger charge is 2.38. The summed E-state index contributed by atoms with van der Waals surface area (Å²) in [7, 11) is 0. The van der Waals surface area contributed by atoms with Crippen LogP contribution in [0.2, 0.25) is 5.02 Å². The van der Waals surface area contributed by atoms with Gasteiger partial charge in [0.1, 0.15) is 5.69 Å². The second-order valence-electron chi connectivity index (χ2n) is 7.29. The molecule has 1 aromatic heterocycles. The van der Waals surface area contributed by atoms with Gasteiger partial charge in [0, 0.05) is 48.5 Å². The quantitative estimate of drug-likeness (QED) is 0.850. The zero-order valence-electron chi connectivity index (χ0n) is 14.5. The van der Waals surface area contributed by atoms with E-state index >= 15 is 0 Å². The molecule has 6 heteroatoms. The Bertz CT molecular complexity index is 860. The van der Waals surface area contributed by atoms with E-state index in [2.05, 4.69) is 4.98 Å². The number of aromatic amines is 1. The number of amides is 2. The maximum absolute atomic E-state index is 13.3. The maximum Gasteiger partial charge on any atom is 0.270 e. The van der Waals surface area contributed by atoms with Crippen LogP contribution in [0.15, 0.2) is 18.2 Å². The highest BCUT2D eigenvalue weighted by atomic mass is 35.5. The number of fused-ring (bicyclic) bond motifs is 5. The minimum Gasteiger partial charge on any atom is -0.350 e. The first-order valence-electron chi connectivity index (χ1n) is 8.78. The average molecular weight is 360 g/mol. The summed E-state index contributed by atoms with van der Waals surface area (Å²) in [5.41, 5.74) is 2.50. The Kier molecular flexibility index (Phi) is 3.99. The molecular formula is C19H22ClN3O2. The topological polar surface area (TPSA) is 56.4 Å². The van der Waals surface area contributed by atoms with Gasteiger partial charge >= 0.3 is 0 Å². The fraction of sp³-hybridized carbons (Fsp3) is 0.474. The number of hydrogen-bond donors (Lipinski definition) is 1. The van der Waals surface area contributed by atoms with E-state index in [1.54, 1.807) is 6.92 Å². The van der Waals surface area contributed by atoms with E-state index in [-0.39, 0.29) is 17.9 Å². The van der Waals surface area contributed by atoms with Crippen LogP contribution in [-0.4, -0.2) is 52.3 Å². The van der Waals surface area contributed by atoms with Gasteiger partial charge in [-0.1, -0.05) is 11.6 Å². The lowest BCUT2D eigenvalue weighted by Gasteiger charge is -2.36. The summed E-state index contributed by atoms with van der Waals surface area (Å²) in [6.45, 7) is 5.70. The van der Waals surface area contributed by atoms with Crippen molar-refractivity contribution in [2.45, 2.75) is 32.7 Å². The number of carbonyl (C=O) groups excluding carboxylic acids is 2. The smallest absolute Gasteiger partial charge is 0.270 e. The van der Waals surface area contributed by atoms with Gasteiger partial charge < -0.3 is 14.8 Å². The summed E-state index contributed by atoms with van der Waals surface area (Å²) in [6, 6.07) is 5.73. The SMILES string of the molecule is CC(=O)N1C[C@H]2CC[C@@H](C1)N(C(=O)c1[nH]c3ccc(Cl)cc3c1C)C2. The first-order chi connectivity index (χ1) is 11.9. The Hall–Kier alpha value is -2.01. The maximum atomic E-state index is 13.3. The molecule has 2 amide bonds. The summed E-state index contributed by atoms with van der Waals surface area (Å²) in [5.74, 6) is 0.498. The number of piperidine rings is 1. The molecule has 3 fully saturated rings. The third-order valence-corrected chi connectivity index (χ3v) is 5.89. The van der Waals surface area contributed by atoms with E-state index in [1.807, 2.05) is 34.9 Å². The van der Waals surface area contributed by atoms with Gasteiger partial charge in [0.05, 0.1) is 0 Å². The Morgan fingerprint density at radius 1 is 1.20 bits per heavy atom. The molecular weight excluding hydrogens is 338 g/mol. The lowest BCUT2D eigenvalue weighted by atomic mass is 9.94. The zero-order valence-corrected chi connectivity index (χ0v) is 15.3. The van der Waals surface area contributed by atoms with Crippen molar-refractivity contribution in [3.8, 4) is 0 Å². The number of H-pyrrole nitrogens is 1. The van der Waals surface area contributed by atoms with Crippen LogP contribution in [0.5, 0.6) is 0 Å². The summed E-state index contributed by atoms with van der Waals surface area (Å²) in [4.78, 5) is 32.2. The Balaban J connectivity index is 1.67. The van der Waals surface area contributed by atoms with Crippen LogP contribution in [0.4, 0.5) is 0 Å². The van der Waals surface area contributed by atoms with Crippen molar-refractivity contribution in [3.05, 3.63) is 34.5 Å². The molecule has 2 aromatic rings. The second-order valence-corrected chi connectivity index (χ2v) is 7.73. The van der Waals surface area contributed by atoms with Crippen molar-refractivity contribution >= 4 is 34.3 Å². The molecule has 5 rings (SSSR count). The van der Waals surface area contributed by atoms with Crippen LogP contribution in [0.25, 0.3) is 10.9 Å². The average Bonchev–Trinajstić information content (AvgIpc) is 2.76. The van der Waals surface area contributed by atoms with Gasteiger partial charge in [0.2, 0.25) is 5.91 Å². The molecule has 1 N–H and O–H groups in total. The zero-order chi connectivity index (χ0) is 17.7. The van der Waals surface area contributed by atoms with Crippen molar-refractivity contribution < 1.29 is 9.59 Å². The van der Waals surface area contributed by atoms with Crippen molar-refractivity contribution in [2.24, 2.45) is 5.92 Å². The molecule has 2 atom stereocenters. The molecule has 4 heterocycles. The van der Waals surface area contributed by atoms with Crippen molar-refractivity contribution in [1.29, 1.82) is 0 Å². The predicted molar refractivity (Wildman–Crippen MR) is 97.8 cm³/mol. The number of rotatable bonds is 1. The number of carbonyl (C=O) groups is 2. The number of nitrogens with zero attached hydrogens (tertiary/aromatic N) is 2. The molecule has 3 saturated heterocycles. The Morgan fingerprint density at radius 2 is 2.00 bits per heavy atom. The number of halogens is 1. The van der Waals surface area contributed by atoms with Crippen LogP contribution in [0, 0.1) is 12.8 Å². The predicted octanol–water partition coefficient (Wildman–Crippen LogP) is 3.21. The molecule has 3 aliphatic rings. The molecule has 0 saturated carbocycles. The molecule has 1 aromatic carbocycles. The lowest BCUT2D eigenvalue weighted by molar-refractivity contribution is -0.129. The van der Waals surface area contributed by atoms with Gasteiger partial charge in [-0.15, -0.1) is 0 Å². The van der Waals surface area contributed by atoms with Gasteiger partial charge in [-0.25, -0.2) is 0 Å². The van der Waals surface area contributed by atoms with E-state index < -0.39 is 0 Å². The van der Waals surface area contributed by atoms with Gasteiger partial charge in [-0.3, -0.25) is 9.59 Å². The number of nitrogens with one attached hydrogen (secondary N) is 1. The third-order valence-electron chi connectivity index (χ3n) is 5.65. The van der Waals surface area contributed by atoms with Crippen LogP contribution in [-0.2, 0) is 4.79 Å². The highest BCUT2D eigenvalue weighted by Crippen LogP contribution is 2.31. The molecule has 132 valence electrons. The normalized spacial score (nSPS) is 23.2. The number of benzene rings is 1. The molecule has 0 radical (unpaired) electrons. The summed E-state index contributed by atoms with van der Waals surface area (Å²) in [5, 5.41) is 1.65. The van der Waals surface area contributed by atoms with Gasteiger partial charge in [0.15, 0.2) is 0 Å². The molecule has 5 nitrogen and oxygen atoms in total. The van der Waals surface area contributed by atoms with E-state index in [0.717, 1.165) is 42.4 Å². The summed E-state index contributed by atoms with van der Waals surface area (Å²) in [6.07, 6.45) is 2.05. The van der Waals surface area contributed by atoms with Crippen LogP contribution < -0.4 is 0 Å². The Labute approximate surface area is 151 Å². The molecule has 0 aliphatic carbocycles. The van der Waals surface area contributed by atoms with Gasteiger partial charge in [-0.05, 0) is 49.4 Å². The van der Waals surface area contributed by atoms with E-state index in [1.165, 1.54) is 0 Å². The Morgan fingerprint density at radius 3 is 2.76 bits per heavy atom. The molecule has 0 unspecified atom stereocenters. The van der Waals surface area contributed by atoms with Crippen LogP contribution in [0.3, 0.4) is 0 Å². The first-order valence-corrected chi connectivity index (χ1v) is 9.16. The van der Waals surface area contributed by atoms with Gasteiger partial charge in [-0.2, -0.15) is 0 Å². The molecule has 25 heavy (non-hydrogen) atoms. The third kappa shape index (κ3) is 2.80. The molecule has 2 bridgehead atoms. The lowest BCUT2D eigenvalue weighted by Crippen LogP contribution is -2.47. The van der Waals surface area contributed by atoms with Crippen LogP contribution >= 0.6 is 11.6 Å². The van der Waals surface area contributed by atoms with Crippen molar-refractivity contribution in [3.63, 3.8) is 0 Å². The van der Waals surface area contributed by atoms with E-state index in [4.69, 9.17) is 11.6 Å². The highest BCUT2D eigenvalue weighted by molar-refractivity contribution is 6.31. The summed E-state index contributed by atoms with van der Waals surface area (Å²) >= 11 is 6.10. The molecule has 0 spiro atoms. The number of aromatic nitrogens is 1. The van der Waals surface area contributed by atoms with E-state index in [0.29, 0.717) is 23.2 Å². The monoisotopic (exact) mass is 359 g/mol. The largest absolute Gasteiger partial charge is 0.350 e. The number of hydrogen-bond acceptors (Lipinski definition) is 2. The van der Waals surface area contributed by atoms with Crippen molar-refractivity contribution in [1.82, 2.24) is 14.8 Å². The standard InChI is InChI=1S/C19H22ClN3O2/c1-11-16-7-14(20)4-6-17(16)21-18(11)19(25)23-9-13-3-5-15(23)10-22(8-13)12(2)24/h4,6-7,13,15,21H,3,5,8-10H2,1-2H3/t13-,15+/m1/s1. The van der Waals surface area contributed by atoms with Crippen molar-refractivity contribution in [2.75, 3.05) is 19.6 Å².